The number of hydrogen-bond donors (Lipinski definition) is 1. The van der Waals surface area contributed by atoms with Crippen molar-refractivity contribution in [3.05, 3.63) is 48.0 Å². The van der Waals surface area contributed by atoms with E-state index >= 15 is 0 Å². The maximum atomic E-state index is 13.7. The number of ether oxygens (including phenoxy) is 4. The van der Waals surface area contributed by atoms with Gasteiger partial charge in [0.25, 0.3) is 0 Å². The van der Waals surface area contributed by atoms with Crippen LogP contribution < -0.4 is 0 Å². The van der Waals surface area contributed by atoms with Crippen LogP contribution in [0, 0.1) is 45.8 Å². The fraction of sp³-hybridized carbons (Fsp3) is 0.657. The minimum Gasteiger partial charge on any atom is -0.461 e. The van der Waals surface area contributed by atoms with Gasteiger partial charge in [-0.25, -0.2) is 4.79 Å². The lowest BCUT2D eigenvalue weighted by Gasteiger charge is -2.67. The standard InChI is InChI=1S/C35H41NO9/c1-15(2)31(40)45-25-29(39)33(6)14-36-20-13-34-12-16(3)21-23(44-32(41)19-10-8-7-9-11-19)22(34)28(36)35(26(20)33,30(25)43-18(5)38)27(34)24(21)42-17(4)37/h7-11,15,20-30,39H,3,12-14H2,1-2,4-6H3/t20-,21-,22+,23?,24+,25-,26+,27+,28+,29+,30+,33-,34-,35+/m0/s1. The molecule has 6 saturated carbocycles. The monoisotopic (exact) mass is 619 g/mol. The summed E-state index contributed by atoms with van der Waals surface area (Å²) in [6.45, 7) is 13.3. The summed E-state index contributed by atoms with van der Waals surface area (Å²) in [5.41, 5.74) is -0.617. The van der Waals surface area contributed by atoms with Crippen molar-refractivity contribution >= 4 is 23.9 Å². The minimum absolute atomic E-state index is 0.0767. The minimum atomic E-state index is -1.10. The SMILES string of the molecule is C=C1C[C@]23C[C@H]4[C@@H]5[C@]6(C)CN4[C@@H]4[C@H]2C(OC(=O)c2ccccc2)[C@H]1[C@@H](OC(C)=O)[C@H]3[C@]54[C@H](OC(C)=O)[C@@H](OC(=O)C(C)C)[C@H]6O. The maximum absolute atomic E-state index is 13.7. The molecule has 10 nitrogen and oxygen atoms in total. The van der Waals surface area contributed by atoms with Crippen molar-refractivity contribution in [3.63, 3.8) is 0 Å². The van der Waals surface area contributed by atoms with E-state index in [1.165, 1.54) is 13.8 Å². The van der Waals surface area contributed by atoms with Gasteiger partial charge in [-0.15, -0.1) is 0 Å². The van der Waals surface area contributed by atoms with Crippen molar-refractivity contribution in [1.82, 2.24) is 4.90 Å². The molecule has 9 fully saturated rings. The van der Waals surface area contributed by atoms with Gasteiger partial charge in [0.05, 0.1) is 17.4 Å². The first-order valence-corrected chi connectivity index (χ1v) is 16.2. The maximum Gasteiger partial charge on any atom is 0.338 e. The molecule has 10 rings (SSSR count). The van der Waals surface area contributed by atoms with E-state index < -0.39 is 82.5 Å². The van der Waals surface area contributed by atoms with Gasteiger partial charge in [0, 0.05) is 55.1 Å². The molecule has 15 atom stereocenters. The lowest BCUT2D eigenvalue weighted by atomic mass is 9.38. The number of carbonyl (C=O) groups excluding carboxylic acids is 4. The van der Waals surface area contributed by atoms with Crippen LogP contribution in [-0.2, 0) is 33.3 Å². The highest BCUT2D eigenvalue weighted by atomic mass is 16.6. The van der Waals surface area contributed by atoms with Gasteiger partial charge in [0.2, 0.25) is 0 Å². The Hall–Kier alpha value is -3.24. The highest BCUT2D eigenvalue weighted by molar-refractivity contribution is 5.89. The van der Waals surface area contributed by atoms with Crippen LogP contribution in [-0.4, -0.2) is 83.0 Å². The number of hydrogen-bond acceptors (Lipinski definition) is 10. The van der Waals surface area contributed by atoms with Crippen molar-refractivity contribution < 1.29 is 43.2 Å². The summed E-state index contributed by atoms with van der Waals surface area (Å²) in [4.78, 5) is 55.1. The molecule has 3 aliphatic heterocycles. The van der Waals surface area contributed by atoms with Gasteiger partial charge >= 0.3 is 23.9 Å². The fourth-order valence-electron chi connectivity index (χ4n) is 12.4. The quantitative estimate of drug-likeness (QED) is 0.288. The molecule has 0 radical (unpaired) electrons. The topological polar surface area (TPSA) is 129 Å². The van der Waals surface area contributed by atoms with Crippen molar-refractivity contribution in [2.75, 3.05) is 6.54 Å². The second kappa shape index (κ2) is 9.18. The molecule has 45 heavy (non-hydrogen) atoms. The van der Waals surface area contributed by atoms with E-state index in [2.05, 4.69) is 18.4 Å². The molecule has 2 spiro atoms. The Balaban J connectivity index is 1.34. The second-order valence-corrected chi connectivity index (χ2v) is 15.3. The van der Waals surface area contributed by atoms with Gasteiger partial charge in [0.15, 0.2) is 6.10 Å². The Morgan fingerprint density at radius 2 is 1.64 bits per heavy atom. The van der Waals surface area contributed by atoms with E-state index in [0.29, 0.717) is 18.5 Å². The van der Waals surface area contributed by atoms with E-state index in [4.69, 9.17) is 18.9 Å². The van der Waals surface area contributed by atoms with Gasteiger partial charge in [-0.1, -0.05) is 51.1 Å². The Bertz CT molecular complexity index is 1530. The largest absolute Gasteiger partial charge is 0.461 e. The average molecular weight is 620 g/mol. The number of esters is 4. The third-order valence-electron chi connectivity index (χ3n) is 13.0. The zero-order valence-electron chi connectivity index (χ0n) is 26.3. The van der Waals surface area contributed by atoms with Gasteiger partial charge < -0.3 is 24.1 Å². The third-order valence-corrected chi connectivity index (χ3v) is 13.0. The van der Waals surface area contributed by atoms with Crippen LogP contribution in [0.3, 0.4) is 0 Å². The van der Waals surface area contributed by atoms with Crippen LogP contribution in [0.4, 0.5) is 0 Å². The van der Waals surface area contributed by atoms with E-state index in [0.717, 1.165) is 12.0 Å². The third kappa shape index (κ3) is 3.32. The average Bonchev–Trinajstić information content (AvgIpc) is 3.42. The van der Waals surface area contributed by atoms with E-state index in [1.54, 1.807) is 38.1 Å². The summed E-state index contributed by atoms with van der Waals surface area (Å²) < 4.78 is 25.2. The molecular weight excluding hydrogens is 578 g/mol. The zero-order valence-corrected chi connectivity index (χ0v) is 26.3. The molecule has 3 saturated heterocycles. The van der Waals surface area contributed by atoms with E-state index in [1.807, 2.05) is 6.07 Å². The zero-order chi connectivity index (χ0) is 32.0. The second-order valence-electron chi connectivity index (χ2n) is 15.3. The highest BCUT2D eigenvalue weighted by Crippen LogP contribution is 2.87. The first-order chi connectivity index (χ1) is 21.3. The number of rotatable bonds is 6. The van der Waals surface area contributed by atoms with Crippen molar-refractivity contribution in [2.24, 2.45) is 45.8 Å². The Morgan fingerprint density at radius 1 is 0.956 bits per heavy atom. The molecule has 0 amide bonds. The number of nitrogens with zero attached hydrogens (tertiary/aromatic N) is 1. The summed E-state index contributed by atoms with van der Waals surface area (Å²) in [6, 6.07) is 8.73. The molecule has 9 bridgehead atoms. The number of aliphatic hydroxyl groups is 1. The molecule has 1 N–H and O–H groups in total. The van der Waals surface area contributed by atoms with Crippen molar-refractivity contribution in [2.45, 2.75) is 90.1 Å². The molecule has 0 aromatic heterocycles. The molecule has 240 valence electrons. The van der Waals surface area contributed by atoms with Crippen molar-refractivity contribution in [1.29, 1.82) is 0 Å². The molecule has 1 aromatic carbocycles. The van der Waals surface area contributed by atoms with Crippen molar-refractivity contribution in [3.8, 4) is 0 Å². The Labute approximate surface area is 262 Å². The van der Waals surface area contributed by atoms with Crippen LogP contribution in [0.1, 0.15) is 57.8 Å². The predicted molar refractivity (Wildman–Crippen MR) is 157 cm³/mol. The van der Waals surface area contributed by atoms with E-state index in [9.17, 15) is 24.3 Å². The van der Waals surface area contributed by atoms with Crippen LogP contribution in [0.2, 0.25) is 0 Å². The summed E-state index contributed by atoms with van der Waals surface area (Å²) in [6.07, 6.45) is -3.04. The molecule has 3 heterocycles. The molecule has 10 heteroatoms. The number of aliphatic hydroxyl groups excluding tert-OH is 1. The van der Waals surface area contributed by atoms with Gasteiger partial charge in [-0.3, -0.25) is 19.3 Å². The Kier molecular flexibility index (Phi) is 5.96. The normalized spacial score (nSPS) is 48.8. The summed E-state index contributed by atoms with van der Waals surface area (Å²) in [5.74, 6) is -3.40. The molecule has 9 aliphatic rings. The van der Waals surface area contributed by atoms with Crippen LogP contribution in [0.5, 0.6) is 0 Å². The number of benzene rings is 1. The van der Waals surface area contributed by atoms with Gasteiger partial charge in [-0.05, 0) is 36.3 Å². The predicted octanol–water partition coefficient (Wildman–Crippen LogP) is 2.92. The van der Waals surface area contributed by atoms with Gasteiger partial charge in [0.1, 0.15) is 24.4 Å². The molecular formula is C35H41NO9. The lowest BCUT2D eigenvalue weighted by molar-refractivity contribution is -0.282. The van der Waals surface area contributed by atoms with Gasteiger partial charge in [-0.2, -0.15) is 0 Å². The summed E-state index contributed by atoms with van der Waals surface area (Å²) in [7, 11) is 0. The lowest BCUT2D eigenvalue weighted by Crippen LogP contribution is -2.75. The molecule has 6 aliphatic carbocycles. The Morgan fingerprint density at radius 3 is 2.29 bits per heavy atom. The summed E-state index contributed by atoms with van der Waals surface area (Å²) >= 11 is 0. The number of carbonyl (C=O) groups is 4. The summed E-state index contributed by atoms with van der Waals surface area (Å²) in [5, 5.41) is 12.1. The number of fused-ring (bicyclic) bond motifs is 1. The molecule has 1 aromatic rings. The first-order valence-electron chi connectivity index (χ1n) is 16.2. The first kappa shape index (κ1) is 29.2. The van der Waals surface area contributed by atoms with E-state index in [-0.39, 0.29) is 29.8 Å². The smallest absolute Gasteiger partial charge is 0.338 e. The van der Waals surface area contributed by atoms with Crippen LogP contribution in [0.25, 0.3) is 0 Å². The molecule has 2 unspecified atom stereocenters. The van der Waals surface area contributed by atoms with Crippen LogP contribution >= 0.6 is 0 Å². The number of piperidine rings is 2. The highest BCUT2D eigenvalue weighted by Gasteiger charge is 2.94. The van der Waals surface area contributed by atoms with Crippen LogP contribution in [0.15, 0.2) is 42.5 Å². The fourth-order valence-corrected chi connectivity index (χ4v) is 12.4.